The summed E-state index contributed by atoms with van der Waals surface area (Å²) in [4.78, 5) is 26.6. The fourth-order valence-corrected chi connectivity index (χ4v) is 7.14. The summed E-state index contributed by atoms with van der Waals surface area (Å²) in [6.45, 7) is 14.8. The van der Waals surface area contributed by atoms with Gasteiger partial charge in [-0.15, -0.1) is 0 Å². The molecule has 1 amide bonds. The Hall–Kier alpha value is -1.70. The number of hydrogen-bond acceptors (Lipinski definition) is 5. The van der Waals surface area contributed by atoms with Crippen molar-refractivity contribution in [3.8, 4) is 0 Å². The lowest BCUT2D eigenvalue weighted by atomic mass is 9.43. The van der Waals surface area contributed by atoms with E-state index in [1.165, 1.54) is 12.0 Å². The smallest absolute Gasteiger partial charge is 0.404 e. The van der Waals surface area contributed by atoms with Gasteiger partial charge in [0.2, 0.25) is 5.91 Å². The van der Waals surface area contributed by atoms with E-state index in [2.05, 4.69) is 46.9 Å². The molecule has 38 heavy (non-hydrogen) atoms. The quantitative estimate of drug-likeness (QED) is 0.282. The van der Waals surface area contributed by atoms with Crippen LogP contribution in [0.5, 0.6) is 0 Å². The fraction of sp³-hybridized carbons (Fsp3) is 0.742. The first kappa shape index (κ1) is 29.3. The number of hydrogen-bond donors (Lipinski definition) is 2. The molecule has 7 atom stereocenters. The number of aliphatic hydroxyl groups excluding tert-OH is 1. The first-order valence-corrected chi connectivity index (χ1v) is 14.8. The number of aliphatic hydroxyl groups is 1. The van der Waals surface area contributed by atoms with E-state index in [9.17, 15) is 14.7 Å². The summed E-state index contributed by atoms with van der Waals surface area (Å²) in [5.41, 5.74) is 1.66. The maximum atomic E-state index is 13.5. The number of rotatable bonds is 12. The minimum atomic E-state index is -0.957. The third-order valence-corrected chi connectivity index (χ3v) is 9.77. The van der Waals surface area contributed by atoms with Crippen molar-refractivity contribution < 1.29 is 24.0 Å². The van der Waals surface area contributed by atoms with Gasteiger partial charge in [-0.2, -0.15) is 0 Å². The van der Waals surface area contributed by atoms with Crippen molar-refractivity contribution in [1.29, 1.82) is 0 Å². The van der Waals surface area contributed by atoms with Gasteiger partial charge >= 0.3 is 7.12 Å². The third kappa shape index (κ3) is 5.76. The summed E-state index contributed by atoms with van der Waals surface area (Å²) in [5.74, 6) is -0.251. The molecule has 4 aliphatic rings. The lowest BCUT2D eigenvalue weighted by Crippen LogP contribution is -2.65. The molecule has 1 saturated heterocycles. The molecule has 0 radical (unpaired) electrons. The van der Waals surface area contributed by atoms with E-state index in [0.29, 0.717) is 29.7 Å². The molecule has 7 heteroatoms. The summed E-state index contributed by atoms with van der Waals surface area (Å²) in [5, 5.41) is 13.6. The molecule has 1 heterocycles. The van der Waals surface area contributed by atoms with Crippen molar-refractivity contribution in [1.82, 2.24) is 5.32 Å². The first-order valence-electron chi connectivity index (χ1n) is 14.8. The highest BCUT2D eigenvalue weighted by Gasteiger charge is 2.68. The highest BCUT2D eigenvalue weighted by Crippen LogP contribution is 2.65. The highest BCUT2D eigenvalue weighted by atomic mass is 16.7. The monoisotopic (exact) mass is 525 g/mol. The van der Waals surface area contributed by atoms with Crippen LogP contribution in [0.1, 0.15) is 103 Å². The SMILES string of the molecule is CCCCc1ccc(C(=O)C[C@H](C(=O)N[C@@H](CC(C)C)B2O[C@@H]3C[C@@H]4C[C@@H](C4(C)C)[C@]3(C)O2)[C@@H](C)O)cc1. The molecule has 3 aliphatic carbocycles. The van der Waals surface area contributed by atoms with Gasteiger partial charge in [-0.3, -0.25) is 9.59 Å². The van der Waals surface area contributed by atoms with Crippen molar-refractivity contribution in [2.45, 2.75) is 117 Å². The molecule has 0 spiro atoms. The molecule has 3 saturated carbocycles. The van der Waals surface area contributed by atoms with Gasteiger partial charge in [-0.05, 0) is 74.7 Å². The number of ketones is 1. The maximum Gasteiger partial charge on any atom is 0.481 e. The van der Waals surface area contributed by atoms with Gasteiger partial charge in [0.05, 0.1) is 29.7 Å². The van der Waals surface area contributed by atoms with Crippen LogP contribution in [0.15, 0.2) is 24.3 Å². The fourth-order valence-electron chi connectivity index (χ4n) is 7.14. The molecule has 1 aromatic carbocycles. The van der Waals surface area contributed by atoms with Gasteiger partial charge in [-0.25, -0.2) is 0 Å². The minimum absolute atomic E-state index is 0.0327. The summed E-state index contributed by atoms with van der Waals surface area (Å²) >= 11 is 0. The molecular weight excluding hydrogens is 477 g/mol. The Balaban J connectivity index is 1.43. The van der Waals surface area contributed by atoms with Crippen LogP contribution in [0.3, 0.4) is 0 Å². The molecule has 1 aromatic rings. The lowest BCUT2D eigenvalue weighted by Gasteiger charge is -2.64. The van der Waals surface area contributed by atoms with Gasteiger partial charge in [0.15, 0.2) is 5.78 Å². The average molecular weight is 526 g/mol. The van der Waals surface area contributed by atoms with Crippen LogP contribution < -0.4 is 5.32 Å². The molecule has 210 valence electrons. The van der Waals surface area contributed by atoms with Gasteiger partial charge in [0.1, 0.15) is 0 Å². The molecule has 1 aliphatic heterocycles. The zero-order valence-corrected chi connectivity index (χ0v) is 24.5. The number of aryl methyl sites for hydroxylation is 1. The van der Waals surface area contributed by atoms with Gasteiger partial charge in [0.25, 0.3) is 0 Å². The van der Waals surface area contributed by atoms with Crippen LogP contribution in [0.25, 0.3) is 0 Å². The zero-order chi connectivity index (χ0) is 27.8. The van der Waals surface area contributed by atoms with E-state index in [-0.39, 0.29) is 41.2 Å². The van der Waals surface area contributed by atoms with Crippen molar-refractivity contribution in [2.24, 2.45) is 29.1 Å². The van der Waals surface area contributed by atoms with Crippen LogP contribution >= 0.6 is 0 Å². The second-order valence-corrected chi connectivity index (χ2v) is 13.4. The topological polar surface area (TPSA) is 84.9 Å². The van der Waals surface area contributed by atoms with E-state index in [1.54, 1.807) is 6.92 Å². The number of unbranched alkanes of at least 4 members (excludes halogenated alkanes) is 1. The Labute approximate surface area is 229 Å². The Morgan fingerprint density at radius 1 is 1.13 bits per heavy atom. The van der Waals surface area contributed by atoms with Crippen molar-refractivity contribution in [2.75, 3.05) is 0 Å². The number of Topliss-reactive ketones (excluding diaryl/α,β-unsaturated/α-hetero) is 1. The standard InChI is InChI=1S/C31H48BNO5/c1-8-9-10-21-11-13-22(14-12-21)25(35)18-24(20(4)34)29(36)33-28(15-19(2)3)32-37-27-17-23-16-26(30(23,5)6)31(27,7)38-32/h11-14,19-20,23-24,26-28,34H,8-10,15-18H2,1-7H3,(H,33,36)/t20-,23+,24+,26+,27-,28+,31+/m1/s1. The van der Waals surface area contributed by atoms with Crippen LogP contribution in [0.4, 0.5) is 0 Å². The van der Waals surface area contributed by atoms with E-state index in [4.69, 9.17) is 9.31 Å². The molecule has 0 unspecified atom stereocenters. The summed E-state index contributed by atoms with van der Waals surface area (Å²) < 4.78 is 13.2. The minimum Gasteiger partial charge on any atom is -0.404 e. The molecule has 5 rings (SSSR count). The number of carbonyl (C=O) groups is 2. The Morgan fingerprint density at radius 2 is 1.82 bits per heavy atom. The highest BCUT2D eigenvalue weighted by molar-refractivity contribution is 6.47. The molecule has 0 aromatic heterocycles. The van der Waals surface area contributed by atoms with Crippen LogP contribution in [0.2, 0.25) is 0 Å². The van der Waals surface area contributed by atoms with Crippen LogP contribution in [0, 0.1) is 29.1 Å². The predicted molar refractivity (Wildman–Crippen MR) is 151 cm³/mol. The molecular formula is C31H48BNO5. The van der Waals surface area contributed by atoms with E-state index < -0.39 is 19.1 Å². The molecule has 6 nitrogen and oxygen atoms in total. The molecule has 4 fully saturated rings. The largest absolute Gasteiger partial charge is 0.481 e. The van der Waals surface area contributed by atoms with E-state index >= 15 is 0 Å². The van der Waals surface area contributed by atoms with Gasteiger partial charge in [0, 0.05) is 12.0 Å². The number of benzene rings is 1. The van der Waals surface area contributed by atoms with Crippen molar-refractivity contribution in [3.05, 3.63) is 35.4 Å². The number of amides is 1. The lowest BCUT2D eigenvalue weighted by molar-refractivity contribution is -0.199. The van der Waals surface area contributed by atoms with Gasteiger partial charge in [-0.1, -0.05) is 65.3 Å². The van der Waals surface area contributed by atoms with E-state index in [1.807, 2.05) is 24.3 Å². The average Bonchev–Trinajstić information content (AvgIpc) is 3.22. The summed E-state index contributed by atoms with van der Waals surface area (Å²) in [6.07, 6.45) is 5.11. The Kier molecular flexibility index (Phi) is 8.81. The van der Waals surface area contributed by atoms with Crippen LogP contribution in [-0.4, -0.2) is 47.7 Å². The maximum absolute atomic E-state index is 13.5. The Bertz CT molecular complexity index is 992. The molecule has 2 bridgehead atoms. The summed E-state index contributed by atoms with van der Waals surface area (Å²) in [6, 6.07) is 7.64. The predicted octanol–water partition coefficient (Wildman–Crippen LogP) is 5.40. The van der Waals surface area contributed by atoms with Crippen molar-refractivity contribution in [3.63, 3.8) is 0 Å². The normalized spacial score (nSPS) is 29.8. The van der Waals surface area contributed by atoms with E-state index in [0.717, 1.165) is 25.7 Å². The second kappa shape index (κ2) is 11.4. The number of nitrogens with one attached hydrogen (secondary N) is 1. The second-order valence-electron chi connectivity index (χ2n) is 13.4. The third-order valence-electron chi connectivity index (χ3n) is 9.77. The summed E-state index contributed by atoms with van der Waals surface area (Å²) in [7, 11) is -0.535. The Morgan fingerprint density at radius 3 is 2.39 bits per heavy atom. The first-order chi connectivity index (χ1) is 17.9. The molecule has 2 N–H and O–H groups in total. The van der Waals surface area contributed by atoms with Gasteiger partial charge < -0.3 is 19.7 Å². The zero-order valence-electron chi connectivity index (χ0n) is 24.5. The van der Waals surface area contributed by atoms with Crippen LogP contribution in [-0.2, 0) is 20.5 Å². The van der Waals surface area contributed by atoms with Crippen molar-refractivity contribution >= 4 is 18.8 Å². The number of carbonyl (C=O) groups excluding carboxylic acids is 2.